The molecule has 26 heavy (non-hydrogen) atoms. The molecule has 0 spiro atoms. The summed E-state index contributed by atoms with van der Waals surface area (Å²) in [4.78, 5) is 4.11. The predicted octanol–water partition coefficient (Wildman–Crippen LogP) is 4.39. The third-order valence-corrected chi connectivity index (χ3v) is 3.42. The van der Waals surface area contributed by atoms with Crippen molar-refractivity contribution < 1.29 is 17.6 Å². The highest BCUT2D eigenvalue weighted by Crippen LogP contribution is 2.31. The Kier molecular flexibility index (Phi) is 4.97. The minimum atomic E-state index is -4.44. The Labute approximate surface area is 146 Å². The first-order chi connectivity index (χ1) is 12.4. The Morgan fingerprint density at radius 2 is 1.81 bits per heavy atom. The van der Waals surface area contributed by atoms with Gasteiger partial charge in [-0.2, -0.15) is 23.3 Å². The molecule has 2 aromatic carbocycles. The first-order valence-corrected chi connectivity index (χ1v) is 7.53. The van der Waals surface area contributed by atoms with Gasteiger partial charge in [-0.25, -0.2) is 4.39 Å². The molecule has 0 aliphatic rings. The summed E-state index contributed by atoms with van der Waals surface area (Å²) < 4.78 is 51.9. The Bertz CT molecular complexity index is 898. The fourth-order valence-electron chi connectivity index (χ4n) is 2.18. The Hall–Kier alpha value is -3.23. The van der Waals surface area contributed by atoms with Gasteiger partial charge in [-0.15, -0.1) is 5.10 Å². The van der Waals surface area contributed by atoms with Gasteiger partial charge in [0, 0.05) is 17.8 Å². The molecule has 0 radical (unpaired) electrons. The van der Waals surface area contributed by atoms with Crippen molar-refractivity contribution in [1.82, 2.24) is 15.2 Å². The molecule has 0 bridgehead atoms. The van der Waals surface area contributed by atoms with Crippen LogP contribution in [0.25, 0.3) is 0 Å². The summed E-state index contributed by atoms with van der Waals surface area (Å²) in [7, 11) is 0. The molecule has 0 atom stereocenters. The van der Waals surface area contributed by atoms with Gasteiger partial charge < -0.3 is 10.6 Å². The smallest absolute Gasteiger partial charge is 0.349 e. The number of nitrogens with zero attached hydrogens (tertiary/aromatic N) is 3. The van der Waals surface area contributed by atoms with Crippen molar-refractivity contribution in [2.75, 3.05) is 10.6 Å². The lowest BCUT2D eigenvalue weighted by Gasteiger charge is -2.10. The van der Waals surface area contributed by atoms with Crippen molar-refractivity contribution in [2.24, 2.45) is 0 Å². The van der Waals surface area contributed by atoms with E-state index in [0.29, 0.717) is 5.56 Å². The van der Waals surface area contributed by atoms with Crippen LogP contribution in [0.2, 0.25) is 0 Å². The highest BCUT2D eigenvalue weighted by atomic mass is 19.4. The van der Waals surface area contributed by atoms with Gasteiger partial charge in [0.25, 0.3) is 0 Å². The number of hydrogen-bond acceptors (Lipinski definition) is 5. The average Bonchev–Trinajstić information content (AvgIpc) is 2.61. The van der Waals surface area contributed by atoms with E-state index < -0.39 is 11.7 Å². The van der Waals surface area contributed by atoms with Gasteiger partial charge in [0.1, 0.15) is 5.82 Å². The number of aromatic nitrogens is 3. The van der Waals surface area contributed by atoms with Gasteiger partial charge in [0.2, 0.25) is 5.95 Å². The van der Waals surface area contributed by atoms with E-state index in [4.69, 9.17) is 0 Å². The molecule has 1 aromatic heterocycles. The maximum atomic E-state index is 13.6. The van der Waals surface area contributed by atoms with Gasteiger partial charge >= 0.3 is 6.18 Å². The number of hydrogen-bond donors (Lipinski definition) is 2. The predicted molar refractivity (Wildman–Crippen MR) is 88.3 cm³/mol. The van der Waals surface area contributed by atoms with Crippen LogP contribution in [0.3, 0.4) is 0 Å². The van der Waals surface area contributed by atoms with Crippen molar-refractivity contribution >= 4 is 17.5 Å². The molecule has 1 heterocycles. The first kappa shape index (κ1) is 17.6. The summed E-state index contributed by atoms with van der Waals surface area (Å²) in [5.41, 5.74) is -0.143. The van der Waals surface area contributed by atoms with Crippen molar-refractivity contribution in [3.8, 4) is 0 Å². The number of nitrogens with one attached hydrogen (secondary N) is 2. The second-order valence-electron chi connectivity index (χ2n) is 5.31. The van der Waals surface area contributed by atoms with Crippen molar-refractivity contribution in [3.05, 3.63) is 71.7 Å². The summed E-state index contributed by atoms with van der Waals surface area (Å²) in [6.45, 7) is 0.140. The summed E-state index contributed by atoms with van der Waals surface area (Å²) in [6.07, 6.45) is -3.16. The van der Waals surface area contributed by atoms with Crippen LogP contribution in [0.5, 0.6) is 0 Å². The van der Waals surface area contributed by atoms with Gasteiger partial charge in [-0.3, -0.25) is 0 Å². The molecule has 0 aliphatic carbocycles. The molecular formula is C17H13F4N5. The molecule has 3 aromatic rings. The molecule has 0 unspecified atom stereocenters. The van der Waals surface area contributed by atoms with E-state index in [9.17, 15) is 17.6 Å². The highest BCUT2D eigenvalue weighted by molar-refractivity contribution is 5.57. The van der Waals surface area contributed by atoms with Crippen LogP contribution >= 0.6 is 0 Å². The second-order valence-corrected chi connectivity index (χ2v) is 5.31. The molecule has 3 rings (SSSR count). The van der Waals surface area contributed by atoms with Crippen LogP contribution < -0.4 is 10.6 Å². The molecule has 0 amide bonds. The van der Waals surface area contributed by atoms with E-state index >= 15 is 0 Å². The largest absolute Gasteiger partial charge is 0.416 e. The van der Waals surface area contributed by atoms with Gasteiger partial charge in [-0.05, 0) is 24.3 Å². The van der Waals surface area contributed by atoms with Crippen molar-refractivity contribution in [1.29, 1.82) is 0 Å². The molecule has 2 N–H and O–H groups in total. The van der Waals surface area contributed by atoms with Crippen LogP contribution in [-0.4, -0.2) is 15.2 Å². The Balaban J connectivity index is 1.71. The minimum Gasteiger partial charge on any atom is -0.349 e. The van der Waals surface area contributed by atoms with Gasteiger partial charge in [0.15, 0.2) is 5.82 Å². The molecule has 134 valence electrons. The van der Waals surface area contributed by atoms with E-state index in [1.807, 2.05) is 0 Å². The van der Waals surface area contributed by atoms with Crippen LogP contribution in [-0.2, 0) is 12.7 Å². The average molecular weight is 363 g/mol. The van der Waals surface area contributed by atoms with Crippen molar-refractivity contribution in [3.63, 3.8) is 0 Å². The topological polar surface area (TPSA) is 62.7 Å². The SMILES string of the molecule is Fc1ccccc1CNc1nncc(Nc2cccc(C(F)(F)F)c2)n1. The molecule has 9 heteroatoms. The van der Waals surface area contributed by atoms with Crippen LogP contribution in [0.4, 0.5) is 35.0 Å². The number of halogens is 4. The van der Waals surface area contributed by atoms with Crippen molar-refractivity contribution in [2.45, 2.75) is 12.7 Å². The number of alkyl halides is 3. The van der Waals surface area contributed by atoms with Crippen LogP contribution in [0.15, 0.2) is 54.7 Å². The second kappa shape index (κ2) is 7.34. The zero-order valence-corrected chi connectivity index (χ0v) is 13.3. The monoisotopic (exact) mass is 363 g/mol. The minimum absolute atomic E-state index is 0.116. The molecule has 0 aliphatic heterocycles. The highest BCUT2D eigenvalue weighted by Gasteiger charge is 2.30. The summed E-state index contributed by atoms with van der Waals surface area (Å²) in [5, 5.41) is 13.1. The standard InChI is InChI=1S/C17H13F4N5/c18-14-7-2-1-4-11(14)9-22-16-25-15(10-23-26-16)24-13-6-3-5-12(8-13)17(19,20)21/h1-8,10H,9H2,(H2,22,24,25,26). The molecule has 0 fully saturated rings. The van der Waals surface area contributed by atoms with Crippen LogP contribution in [0.1, 0.15) is 11.1 Å². The zero-order chi connectivity index (χ0) is 18.6. The van der Waals surface area contributed by atoms with Gasteiger partial charge in [0.05, 0.1) is 11.8 Å². The third-order valence-electron chi connectivity index (χ3n) is 3.42. The van der Waals surface area contributed by atoms with E-state index in [1.54, 1.807) is 18.2 Å². The lowest BCUT2D eigenvalue weighted by Crippen LogP contribution is -2.08. The number of benzene rings is 2. The summed E-state index contributed by atoms with van der Waals surface area (Å²) in [6, 6.07) is 10.9. The fourth-order valence-corrected chi connectivity index (χ4v) is 2.18. The molecule has 0 saturated heterocycles. The molecule has 0 saturated carbocycles. The van der Waals surface area contributed by atoms with Crippen LogP contribution in [0, 0.1) is 5.82 Å². The number of anilines is 3. The third kappa shape index (κ3) is 4.44. The van der Waals surface area contributed by atoms with E-state index in [2.05, 4.69) is 25.8 Å². The van der Waals surface area contributed by atoms with E-state index in [0.717, 1.165) is 12.1 Å². The molecule has 5 nitrogen and oxygen atoms in total. The molecular weight excluding hydrogens is 350 g/mol. The van der Waals surface area contributed by atoms with Gasteiger partial charge in [-0.1, -0.05) is 24.3 Å². The normalized spacial score (nSPS) is 11.2. The lowest BCUT2D eigenvalue weighted by atomic mass is 10.2. The lowest BCUT2D eigenvalue weighted by molar-refractivity contribution is -0.137. The summed E-state index contributed by atoms with van der Waals surface area (Å²) >= 11 is 0. The maximum Gasteiger partial charge on any atom is 0.416 e. The van der Waals surface area contributed by atoms with E-state index in [1.165, 1.54) is 24.4 Å². The maximum absolute atomic E-state index is 13.6. The van der Waals surface area contributed by atoms with E-state index in [-0.39, 0.29) is 29.8 Å². The fraction of sp³-hybridized carbons (Fsp3) is 0.118. The number of rotatable bonds is 5. The zero-order valence-electron chi connectivity index (χ0n) is 13.3. The first-order valence-electron chi connectivity index (χ1n) is 7.53. The quantitative estimate of drug-likeness (QED) is 0.659. The Morgan fingerprint density at radius 3 is 2.58 bits per heavy atom. The summed E-state index contributed by atoms with van der Waals surface area (Å²) in [5.74, 6) is -0.0493. The Morgan fingerprint density at radius 1 is 1.00 bits per heavy atom.